The van der Waals surface area contributed by atoms with Crippen LogP contribution in [0.4, 0.5) is 0 Å². The summed E-state index contributed by atoms with van der Waals surface area (Å²) in [5.41, 5.74) is 1.96. The SMILES string of the molecule is CC(NCc1ccc(CO)cc1)c1ccc(C(=O)O)o1. The Morgan fingerprint density at radius 2 is 1.85 bits per heavy atom. The zero-order valence-electron chi connectivity index (χ0n) is 11.2. The van der Waals surface area contributed by atoms with Crippen molar-refractivity contribution in [2.24, 2.45) is 0 Å². The lowest BCUT2D eigenvalue weighted by Crippen LogP contribution is -2.17. The molecule has 106 valence electrons. The summed E-state index contributed by atoms with van der Waals surface area (Å²) in [6.45, 7) is 2.58. The van der Waals surface area contributed by atoms with Gasteiger partial charge in [-0.1, -0.05) is 24.3 Å². The smallest absolute Gasteiger partial charge is 0.371 e. The summed E-state index contributed by atoms with van der Waals surface area (Å²) in [6, 6.07) is 10.7. The number of hydrogen-bond acceptors (Lipinski definition) is 4. The number of carboxylic acids is 1. The van der Waals surface area contributed by atoms with Crippen LogP contribution in [0.25, 0.3) is 0 Å². The fourth-order valence-electron chi connectivity index (χ4n) is 1.83. The second-order valence-electron chi connectivity index (χ2n) is 4.58. The van der Waals surface area contributed by atoms with Crippen LogP contribution in [0.5, 0.6) is 0 Å². The van der Waals surface area contributed by atoms with Crippen molar-refractivity contribution in [1.29, 1.82) is 0 Å². The lowest BCUT2D eigenvalue weighted by atomic mass is 10.1. The van der Waals surface area contributed by atoms with Crippen molar-refractivity contribution >= 4 is 5.97 Å². The molecule has 1 atom stereocenters. The van der Waals surface area contributed by atoms with Gasteiger partial charge in [-0.2, -0.15) is 0 Å². The first-order chi connectivity index (χ1) is 9.60. The van der Waals surface area contributed by atoms with E-state index in [9.17, 15) is 4.79 Å². The predicted molar refractivity (Wildman–Crippen MR) is 73.3 cm³/mol. The van der Waals surface area contributed by atoms with E-state index in [-0.39, 0.29) is 18.4 Å². The van der Waals surface area contributed by atoms with Crippen LogP contribution in [0.3, 0.4) is 0 Å². The molecule has 0 saturated carbocycles. The van der Waals surface area contributed by atoms with Crippen molar-refractivity contribution in [2.45, 2.75) is 26.1 Å². The second kappa shape index (κ2) is 6.36. The lowest BCUT2D eigenvalue weighted by molar-refractivity contribution is 0.0659. The second-order valence-corrected chi connectivity index (χ2v) is 4.58. The minimum Gasteiger partial charge on any atom is -0.475 e. The maximum absolute atomic E-state index is 10.7. The molecule has 20 heavy (non-hydrogen) atoms. The Hall–Kier alpha value is -2.11. The molecule has 0 aliphatic heterocycles. The first kappa shape index (κ1) is 14.3. The summed E-state index contributed by atoms with van der Waals surface area (Å²) in [5, 5.41) is 21.0. The monoisotopic (exact) mass is 275 g/mol. The van der Waals surface area contributed by atoms with E-state index in [1.807, 2.05) is 31.2 Å². The molecule has 0 aliphatic carbocycles. The number of benzene rings is 1. The van der Waals surface area contributed by atoms with Gasteiger partial charge in [-0.05, 0) is 30.2 Å². The van der Waals surface area contributed by atoms with Crippen molar-refractivity contribution in [3.63, 3.8) is 0 Å². The van der Waals surface area contributed by atoms with E-state index in [1.54, 1.807) is 6.07 Å². The Labute approximate surface area is 116 Å². The number of furan rings is 1. The van der Waals surface area contributed by atoms with Crippen molar-refractivity contribution in [2.75, 3.05) is 0 Å². The first-order valence-electron chi connectivity index (χ1n) is 6.35. The van der Waals surface area contributed by atoms with Gasteiger partial charge in [0.05, 0.1) is 12.6 Å². The Balaban J connectivity index is 1.93. The van der Waals surface area contributed by atoms with Crippen LogP contribution in [0.15, 0.2) is 40.8 Å². The first-order valence-corrected chi connectivity index (χ1v) is 6.35. The van der Waals surface area contributed by atoms with E-state index < -0.39 is 5.97 Å². The number of rotatable bonds is 6. The highest BCUT2D eigenvalue weighted by atomic mass is 16.4. The van der Waals surface area contributed by atoms with Gasteiger partial charge in [-0.25, -0.2) is 4.79 Å². The van der Waals surface area contributed by atoms with Crippen molar-refractivity contribution in [1.82, 2.24) is 5.32 Å². The van der Waals surface area contributed by atoms with Crippen LogP contribution >= 0.6 is 0 Å². The maximum atomic E-state index is 10.7. The fraction of sp³-hybridized carbons (Fsp3) is 0.267. The van der Waals surface area contributed by atoms with Crippen molar-refractivity contribution in [3.8, 4) is 0 Å². The van der Waals surface area contributed by atoms with Crippen LogP contribution in [0, 0.1) is 0 Å². The van der Waals surface area contributed by atoms with E-state index in [4.69, 9.17) is 14.6 Å². The maximum Gasteiger partial charge on any atom is 0.371 e. The summed E-state index contributed by atoms with van der Waals surface area (Å²) < 4.78 is 5.24. The molecule has 0 amide bonds. The Morgan fingerprint density at radius 3 is 2.40 bits per heavy atom. The quantitative estimate of drug-likeness (QED) is 0.753. The van der Waals surface area contributed by atoms with Crippen molar-refractivity contribution < 1.29 is 19.4 Å². The largest absolute Gasteiger partial charge is 0.475 e. The molecule has 1 aromatic carbocycles. The van der Waals surface area contributed by atoms with Crippen LogP contribution < -0.4 is 5.32 Å². The number of aliphatic hydroxyl groups is 1. The molecule has 1 aromatic heterocycles. The Kier molecular flexibility index (Phi) is 4.55. The number of aliphatic hydroxyl groups excluding tert-OH is 1. The van der Waals surface area contributed by atoms with Gasteiger partial charge in [0.2, 0.25) is 5.76 Å². The Bertz CT molecular complexity index is 574. The van der Waals surface area contributed by atoms with E-state index in [0.717, 1.165) is 11.1 Å². The van der Waals surface area contributed by atoms with E-state index in [1.165, 1.54) is 6.07 Å². The van der Waals surface area contributed by atoms with Gasteiger partial charge in [-0.15, -0.1) is 0 Å². The summed E-state index contributed by atoms with van der Waals surface area (Å²) in [5.74, 6) is -0.529. The number of nitrogens with one attached hydrogen (secondary N) is 1. The molecule has 0 bridgehead atoms. The fourth-order valence-corrected chi connectivity index (χ4v) is 1.83. The summed E-state index contributed by atoms with van der Waals surface area (Å²) in [7, 11) is 0. The Morgan fingerprint density at radius 1 is 1.20 bits per heavy atom. The molecular weight excluding hydrogens is 258 g/mol. The minimum absolute atomic E-state index is 0.0362. The number of aromatic carboxylic acids is 1. The third-order valence-electron chi connectivity index (χ3n) is 3.08. The molecule has 5 nitrogen and oxygen atoms in total. The van der Waals surface area contributed by atoms with Crippen LogP contribution in [0.2, 0.25) is 0 Å². The van der Waals surface area contributed by atoms with Gasteiger partial charge >= 0.3 is 5.97 Å². The zero-order chi connectivity index (χ0) is 14.5. The molecule has 3 N–H and O–H groups in total. The van der Waals surface area contributed by atoms with Crippen LogP contribution in [-0.2, 0) is 13.2 Å². The number of carboxylic acid groups (broad SMARTS) is 1. The molecule has 2 aromatic rings. The standard InChI is InChI=1S/C15H17NO4/c1-10(13-6-7-14(20-13)15(18)19)16-8-11-2-4-12(9-17)5-3-11/h2-7,10,16-17H,8-9H2,1H3,(H,18,19). The molecule has 0 saturated heterocycles. The highest BCUT2D eigenvalue weighted by Gasteiger charge is 2.13. The molecule has 5 heteroatoms. The summed E-state index contributed by atoms with van der Waals surface area (Å²) >= 11 is 0. The zero-order valence-corrected chi connectivity index (χ0v) is 11.2. The highest BCUT2D eigenvalue weighted by Crippen LogP contribution is 2.17. The molecule has 1 unspecified atom stereocenters. The van der Waals surface area contributed by atoms with E-state index in [0.29, 0.717) is 12.3 Å². The highest BCUT2D eigenvalue weighted by molar-refractivity contribution is 5.84. The van der Waals surface area contributed by atoms with Crippen LogP contribution in [-0.4, -0.2) is 16.2 Å². The van der Waals surface area contributed by atoms with Gasteiger partial charge < -0.3 is 19.9 Å². The number of hydrogen-bond donors (Lipinski definition) is 3. The molecule has 2 rings (SSSR count). The van der Waals surface area contributed by atoms with Crippen LogP contribution in [0.1, 0.15) is 40.4 Å². The van der Waals surface area contributed by atoms with E-state index >= 15 is 0 Å². The average molecular weight is 275 g/mol. The number of carbonyl (C=O) groups is 1. The molecular formula is C15H17NO4. The minimum atomic E-state index is -1.07. The van der Waals surface area contributed by atoms with Gasteiger partial charge in [0.1, 0.15) is 5.76 Å². The third-order valence-corrected chi connectivity index (χ3v) is 3.08. The molecule has 0 fully saturated rings. The van der Waals surface area contributed by atoms with Gasteiger partial charge in [0, 0.05) is 6.54 Å². The van der Waals surface area contributed by atoms with Gasteiger partial charge in [-0.3, -0.25) is 0 Å². The topological polar surface area (TPSA) is 82.7 Å². The van der Waals surface area contributed by atoms with Gasteiger partial charge in [0.15, 0.2) is 0 Å². The van der Waals surface area contributed by atoms with Crippen molar-refractivity contribution in [3.05, 3.63) is 59.0 Å². The lowest BCUT2D eigenvalue weighted by Gasteiger charge is -2.11. The predicted octanol–water partition coefficient (Wildman–Crippen LogP) is 2.32. The normalized spacial score (nSPS) is 12.3. The third kappa shape index (κ3) is 3.46. The van der Waals surface area contributed by atoms with E-state index in [2.05, 4.69) is 5.32 Å². The molecule has 0 radical (unpaired) electrons. The summed E-state index contributed by atoms with van der Waals surface area (Å²) in [6.07, 6.45) is 0. The summed E-state index contributed by atoms with van der Waals surface area (Å²) in [4.78, 5) is 10.7. The average Bonchev–Trinajstić information content (AvgIpc) is 2.95. The molecule has 0 spiro atoms. The molecule has 1 heterocycles. The van der Waals surface area contributed by atoms with Gasteiger partial charge in [0.25, 0.3) is 0 Å². The molecule has 0 aliphatic rings.